The molecule has 224 valence electrons. The van der Waals surface area contributed by atoms with Gasteiger partial charge in [0.2, 0.25) is 0 Å². The Balaban J connectivity index is 1.45. The van der Waals surface area contributed by atoms with E-state index in [-0.39, 0.29) is 11.3 Å². The molecule has 2 aromatic carbocycles. The number of rotatable bonds is 8. The van der Waals surface area contributed by atoms with Gasteiger partial charge in [0.25, 0.3) is 12.3 Å². The Morgan fingerprint density at radius 1 is 1.26 bits per heavy atom. The van der Waals surface area contributed by atoms with E-state index in [4.69, 9.17) is 11.6 Å². The molecule has 3 aliphatic rings. The fourth-order valence-electron chi connectivity index (χ4n) is 5.64. The summed E-state index contributed by atoms with van der Waals surface area (Å²) in [6.45, 7) is 7.32. The van der Waals surface area contributed by atoms with Gasteiger partial charge >= 0.3 is 0 Å². The molecule has 4 N–H and O–H groups in total. The average Bonchev–Trinajstić information content (AvgIpc) is 3.54. The fraction of sp³-hybridized carbons (Fsp3) is 0.387. The number of alkyl halides is 2. The average molecular weight is 607 g/mol. The monoisotopic (exact) mass is 606 g/mol. The van der Waals surface area contributed by atoms with Crippen LogP contribution < -0.4 is 21.6 Å². The first kappa shape index (κ1) is 29.0. The molecule has 12 heteroatoms. The molecule has 1 amide bonds. The minimum atomic E-state index is -2.52. The summed E-state index contributed by atoms with van der Waals surface area (Å²) in [5, 5.41) is 19.3. The third-order valence-corrected chi connectivity index (χ3v) is 8.48. The summed E-state index contributed by atoms with van der Waals surface area (Å²) < 4.78 is 27.9. The molecule has 1 aliphatic carbocycles. The van der Waals surface area contributed by atoms with E-state index < -0.39 is 18.0 Å². The smallest absolute Gasteiger partial charge is 0.262 e. The molecule has 43 heavy (non-hydrogen) atoms. The van der Waals surface area contributed by atoms with E-state index >= 15 is 0 Å². The lowest BCUT2D eigenvalue weighted by molar-refractivity contribution is 0.00911. The number of nitrogens with zero attached hydrogens (tertiary/aromatic N) is 4. The Bertz CT molecular complexity index is 1690. The predicted molar refractivity (Wildman–Crippen MR) is 162 cm³/mol. The number of nitrogens with one attached hydrogen (secondary N) is 4. The lowest BCUT2D eigenvalue weighted by Gasteiger charge is -2.25. The predicted octanol–water partition coefficient (Wildman–Crippen LogP) is 5.92. The molecule has 3 heterocycles. The summed E-state index contributed by atoms with van der Waals surface area (Å²) in [4.78, 5) is 19.0. The van der Waals surface area contributed by atoms with Gasteiger partial charge in [0.1, 0.15) is 11.6 Å². The molecular weight excluding hydrogens is 574 g/mol. The number of nitriles is 1. The zero-order chi connectivity index (χ0) is 30.7. The van der Waals surface area contributed by atoms with Crippen LogP contribution in [0.5, 0.6) is 0 Å². The minimum absolute atomic E-state index is 0.0536. The number of carbonyl (C=O) groups excluding carboxylic acids is 1. The Hall–Kier alpha value is -4.14. The number of pyridine rings is 1. The molecule has 3 aromatic rings. The molecule has 1 atom stereocenters. The lowest BCUT2D eigenvalue weighted by Crippen LogP contribution is -2.48. The van der Waals surface area contributed by atoms with Crippen molar-refractivity contribution in [1.82, 2.24) is 25.9 Å². The molecule has 0 radical (unpaired) electrons. The van der Waals surface area contributed by atoms with E-state index in [1.165, 1.54) is 11.2 Å². The van der Waals surface area contributed by atoms with Gasteiger partial charge in [-0.1, -0.05) is 44.5 Å². The fourth-order valence-corrected chi connectivity index (χ4v) is 5.90. The van der Waals surface area contributed by atoms with Crippen LogP contribution in [0.4, 0.5) is 20.2 Å². The van der Waals surface area contributed by atoms with Crippen LogP contribution >= 0.6 is 11.6 Å². The number of hydrogen-bond donors (Lipinski definition) is 4. The number of aromatic nitrogens is 1. The third-order valence-electron chi connectivity index (χ3n) is 8.20. The highest BCUT2D eigenvalue weighted by molar-refractivity contribution is 6.35. The lowest BCUT2D eigenvalue weighted by atomic mass is 9.95. The summed E-state index contributed by atoms with van der Waals surface area (Å²) >= 11 is 6.77. The number of benzene rings is 2. The Morgan fingerprint density at radius 2 is 2.02 bits per heavy atom. The summed E-state index contributed by atoms with van der Waals surface area (Å²) in [7, 11) is 1.75. The van der Waals surface area contributed by atoms with E-state index in [0.29, 0.717) is 70.1 Å². The number of hydrazine groups is 2. The topological polar surface area (TPSA) is 108 Å². The van der Waals surface area contributed by atoms with Gasteiger partial charge in [-0.25, -0.2) is 8.78 Å². The Morgan fingerprint density at radius 3 is 2.70 bits per heavy atom. The van der Waals surface area contributed by atoms with Gasteiger partial charge in [0.05, 0.1) is 33.5 Å². The van der Waals surface area contributed by atoms with Crippen LogP contribution in [0.2, 0.25) is 5.02 Å². The molecule has 0 saturated heterocycles. The van der Waals surface area contributed by atoms with E-state index in [2.05, 4.69) is 53.4 Å². The number of hydrogen-bond acceptors (Lipinski definition) is 8. The Kier molecular flexibility index (Phi) is 7.10. The van der Waals surface area contributed by atoms with E-state index in [1.54, 1.807) is 30.3 Å². The van der Waals surface area contributed by atoms with Crippen molar-refractivity contribution in [2.24, 2.45) is 5.41 Å². The normalized spacial score (nSPS) is 17.9. The first-order valence-corrected chi connectivity index (χ1v) is 14.5. The van der Waals surface area contributed by atoms with Crippen LogP contribution in [0.3, 0.4) is 0 Å². The zero-order valence-electron chi connectivity index (χ0n) is 24.4. The van der Waals surface area contributed by atoms with Gasteiger partial charge < -0.3 is 21.0 Å². The minimum Gasteiger partial charge on any atom is -0.383 e. The van der Waals surface area contributed by atoms with Crippen molar-refractivity contribution in [2.75, 3.05) is 24.2 Å². The maximum atomic E-state index is 14.0. The SMILES string of the molecule is CN1Cc2c(cccc2[C@H](Nc2cc(Cl)c3ncc(C#N)c(NCC(C)(C)C)c3c2)C2=CN(C3(C(F)F)CC3)NN2)C1=O. The van der Waals surface area contributed by atoms with Crippen molar-refractivity contribution in [3.8, 4) is 6.07 Å². The molecule has 9 nitrogen and oxygen atoms in total. The van der Waals surface area contributed by atoms with Crippen LogP contribution in [-0.2, 0) is 6.54 Å². The van der Waals surface area contributed by atoms with Crippen LogP contribution in [0.15, 0.2) is 48.4 Å². The highest BCUT2D eigenvalue weighted by Gasteiger charge is 2.56. The molecular formula is C31H33ClF2N8O. The van der Waals surface area contributed by atoms with Crippen molar-refractivity contribution in [3.63, 3.8) is 0 Å². The van der Waals surface area contributed by atoms with E-state index in [1.807, 2.05) is 18.2 Å². The van der Waals surface area contributed by atoms with Crippen molar-refractivity contribution in [3.05, 3.63) is 75.7 Å². The van der Waals surface area contributed by atoms with E-state index in [9.17, 15) is 18.8 Å². The number of fused-ring (bicyclic) bond motifs is 2. The van der Waals surface area contributed by atoms with Crippen molar-refractivity contribution in [2.45, 2.75) is 58.2 Å². The molecule has 0 unspecified atom stereocenters. The van der Waals surface area contributed by atoms with Gasteiger partial charge in [-0.05, 0) is 47.6 Å². The second-order valence-electron chi connectivity index (χ2n) is 12.6. The quantitative estimate of drug-likeness (QED) is 0.250. The molecule has 1 aromatic heterocycles. The van der Waals surface area contributed by atoms with Gasteiger partial charge in [-0.3, -0.25) is 14.8 Å². The zero-order valence-corrected chi connectivity index (χ0v) is 25.1. The van der Waals surface area contributed by atoms with Crippen LogP contribution in [-0.4, -0.2) is 46.4 Å². The molecule has 1 fully saturated rings. The third kappa shape index (κ3) is 5.19. The summed E-state index contributed by atoms with van der Waals surface area (Å²) in [6.07, 6.45) is 1.42. The number of halogens is 3. The molecule has 6 rings (SSSR count). The van der Waals surface area contributed by atoms with Crippen LogP contribution in [0.25, 0.3) is 10.9 Å². The standard InChI is InChI=1S/C31H33ClF2N8O/c1-30(2,3)16-37-25-17(12-35)13-36-26-21(25)10-18(11-23(26)32)38-27(19-6-5-7-20-22(19)14-41(4)28(20)43)24-15-42(40-39-24)31(8-9-31)29(33)34/h5-7,10-11,13,15,27,29,38-40H,8-9,14,16H2,1-4H3,(H,36,37)/t27-/m0/s1. The molecule has 0 spiro atoms. The molecule has 2 aliphatic heterocycles. The summed E-state index contributed by atoms with van der Waals surface area (Å²) in [5.74, 6) is -0.0724. The number of carbonyl (C=O) groups is 1. The van der Waals surface area contributed by atoms with Gasteiger partial charge in [-0.15, -0.1) is 5.53 Å². The van der Waals surface area contributed by atoms with Gasteiger partial charge in [-0.2, -0.15) is 5.26 Å². The van der Waals surface area contributed by atoms with Crippen molar-refractivity contribution in [1.29, 1.82) is 5.26 Å². The molecule has 1 saturated carbocycles. The largest absolute Gasteiger partial charge is 0.383 e. The first-order chi connectivity index (χ1) is 20.4. The second kappa shape index (κ2) is 10.5. The maximum Gasteiger partial charge on any atom is 0.262 e. The summed E-state index contributed by atoms with van der Waals surface area (Å²) in [6, 6.07) is 10.9. The van der Waals surface area contributed by atoms with Crippen LogP contribution in [0, 0.1) is 16.7 Å². The van der Waals surface area contributed by atoms with Crippen LogP contribution in [0.1, 0.15) is 66.7 Å². The van der Waals surface area contributed by atoms with Gasteiger partial charge in [0, 0.05) is 49.2 Å². The number of amides is 1. The Labute approximate surface area is 253 Å². The van der Waals surface area contributed by atoms with Crippen molar-refractivity contribution >= 4 is 39.8 Å². The maximum absolute atomic E-state index is 14.0. The number of anilines is 2. The first-order valence-electron chi connectivity index (χ1n) is 14.1. The molecule has 0 bridgehead atoms. The highest BCUT2D eigenvalue weighted by atomic mass is 35.5. The highest BCUT2D eigenvalue weighted by Crippen LogP contribution is 2.47. The van der Waals surface area contributed by atoms with E-state index in [0.717, 1.165) is 11.1 Å². The summed E-state index contributed by atoms with van der Waals surface area (Å²) in [5.41, 5.74) is 9.81. The second-order valence-corrected chi connectivity index (χ2v) is 13.0. The van der Waals surface area contributed by atoms with Crippen molar-refractivity contribution < 1.29 is 13.6 Å². The van der Waals surface area contributed by atoms with Gasteiger partial charge in [0.15, 0.2) is 0 Å².